The molecule has 2 heterocycles. The van der Waals surface area contributed by atoms with Crippen molar-refractivity contribution >= 4 is 11.7 Å². The Morgan fingerprint density at radius 2 is 1.92 bits per heavy atom. The Bertz CT molecular complexity index is 1010. The van der Waals surface area contributed by atoms with Crippen LogP contribution in [-0.4, -0.2) is 58.7 Å². The van der Waals surface area contributed by atoms with Crippen LogP contribution in [0.25, 0.3) is 0 Å². The maximum absolute atomic E-state index is 13.7. The molecule has 1 amide bonds. The SMILES string of the molecule is C[C@@H]1CCc2ncnc(N3CCN(C(=O)[C@H](CCCC(C)(C)N)C4C=CC(C(F)(F)F)=CC4)CC3)c21. The normalized spacial score (nSPS) is 23.5. The summed E-state index contributed by atoms with van der Waals surface area (Å²) in [5.41, 5.74) is 7.53. The van der Waals surface area contributed by atoms with Crippen LogP contribution in [0.2, 0.25) is 0 Å². The van der Waals surface area contributed by atoms with Gasteiger partial charge in [0.1, 0.15) is 12.1 Å². The molecule has 3 aliphatic rings. The summed E-state index contributed by atoms with van der Waals surface area (Å²) in [4.78, 5) is 26.9. The van der Waals surface area contributed by atoms with E-state index in [2.05, 4.69) is 21.8 Å². The molecule has 0 spiro atoms. The molecule has 3 atom stereocenters. The van der Waals surface area contributed by atoms with Crippen molar-refractivity contribution in [1.82, 2.24) is 14.9 Å². The number of nitrogens with zero attached hydrogens (tertiary/aromatic N) is 4. The fraction of sp³-hybridized carbons (Fsp3) is 0.667. The van der Waals surface area contributed by atoms with Gasteiger partial charge in [0, 0.05) is 48.9 Å². The van der Waals surface area contributed by atoms with E-state index in [0.29, 0.717) is 38.5 Å². The zero-order valence-corrected chi connectivity index (χ0v) is 21.5. The molecule has 198 valence electrons. The number of hydrogen-bond donors (Lipinski definition) is 1. The molecule has 0 aromatic carbocycles. The van der Waals surface area contributed by atoms with E-state index in [1.165, 1.54) is 11.6 Å². The van der Waals surface area contributed by atoms with Crippen molar-refractivity contribution in [2.45, 2.75) is 76.9 Å². The van der Waals surface area contributed by atoms with Gasteiger partial charge >= 0.3 is 6.18 Å². The Labute approximate surface area is 211 Å². The number of rotatable bonds is 7. The smallest absolute Gasteiger partial charge is 0.353 e. The maximum atomic E-state index is 13.7. The van der Waals surface area contributed by atoms with Gasteiger partial charge in [0.15, 0.2) is 0 Å². The van der Waals surface area contributed by atoms with Crippen LogP contribution in [0.3, 0.4) is 0 Å². The summed E-state index contributed by atoms with van der Waals surface area (Å²) in [6, 6.07) is 0. The minimum absolute atomic E-state index is 0.0317. The number of alkyl halides is 3. The lowest BCUT2D eigenvalue weighted by Gasteiger charge is -2.39. The number of anilines is 1. The van der Waals surface area contributed by atoms with Crippen molar-refractivity contribution in [2.24, 2.45) is 17.6 Å². The third-order valence-corrected chi connectivity index (χ3v) is 7.77. The maximum Gasteiger partial charge on any atom is 0.416 e. The third kappa shape index (κ3) is 6.10. The van der Waals surface area contributed by atoms with Crippen molar-refractivity contribution < 1.29 is 18.0 Å². The molecule has 0 saturated carbocycles. The highest BCUT2D eigenvalue weighted by molar-refractivity contribution is 5.80. The number of aromatic nitrogens is 2. The number of aryl methyl sites for hydroxylation is 1. The first-order chi connectivity index (χ1) is 16.9. The van der Waals surface area contributed by atoms with Gasteiger partial charge in [-0.15, -0.1) is 0 Å². The average molecular weight is 506 g/mol. The zero-order valence-electron chi connectivity index (χ0n) is 21.5. The predicted molar refractivity (Wildman–Crippen MR) is 135 cm³/mol. The first-order valence-corrected chi connectivity index (χ1v) is 13.1. The topological polar surface area (TPSA) is 75.4 Å². The molecule has 0 bridgehead atoms. The number of hydrogen-bond acceptors (Lipinski definition) is 5. The molecule has 2 aliphatic carbocycles. The van der Waals surface area contributed by atoms with E-state index in [0.717, 1.165) is 43.3 Å². The number of amides is 1. The molecule has 1 aromatic rings. The van der Waals surface area contributed by atoms with Gasteiger partial charge in [-0.25, -0.2) is 9.97 Å². The number of carbonyl (C=O) groups is 1. The molecule has 6 nitrogen and oxygen atoms in total. The van der Waals surface area contributed by atoms with Crippen molar-refractivity contribution in [2.75, 3.05) is 31.1 Å². The second-order valence-corrected chi connectivity index (χ2v) is 11.2. The van der Waals surface area contributed by atoms with Crippen molar-refractivity contribution in [1.29, 1.82) is 0 Å². The fourth-order valence-electron chi connectivity index (χ4n) is 5.69. The quantitative estimate of drug-likeness (QED) is 0.578. The first-order valence-electron chi connectivity index (χ1n) is 13.1. The van der Waals surface area contributed by atoms with Crippen molar-refractivity contribution in [3.63, 3.8) is 0 Å². The third-order valence-electron chi connectivity index (χ3n) is 7.77. The van der Waals surface area contributed by atoms with E-state index < -0.39 is 11.7 Å². The highest BCUT2D eigenvalue weighted by Crippen LogP contribution is 2.38. The van der Waals surface area contributed by atoms with Gasteiger partial charge in [-0.2, -0.15) is 13.2 Å². The number of halogens is 3. The lowest BCUT2D eigenvalue weighted by atomic mass is 9.80. The molecular formula is C27H38F3N5O. The van der Waals surface area contributed by atoms with Crippen LogP contribution in [-0.2, 0) is 11.2 Å². The Kier molecular flexibility index (Phi) is 7.78. The number of carbonyl (C=O) groups excluding carboxylic acids is 1. The minimum Gasteiger partial charge on any atom is -0.353 e. The molecule has 1 aromatic heterocycles. The minimum atomic E-state index is -4.36. The molecule has 9 heteroatoms. The van der Waals surface area contributed by atoms with Crippen LogP contribution in [0.1, 0.15) is 70.1 Å². The van der Waals surface area contributed by atoms with Gasteiger partial charge in [0.2, 0.25) is 5.91 Å². The molecule has 1 saturated heterocycles. The number of piperazine rings is 1. The summed E-state index contributed by atoms with van der Waals surface area (Å²) < 4.78 is 39.3. The molecule has 1 fully saturated rings. The van der Waals surface area contributed by atoms with E-state index >= 15 is 0 Å². The molecular weight excluding hydrogens is 467 g/mol. The van der Waals surface area contributed by atoms with Gasteiger partial charge in [-0.3, -0.25) is 4.79 Å². The molecule has 1 aliphatic heterocycles. The number of nitrogens with two attached hydrogens (primary N) is 1. The lowest BCUT2D eigenvalue weighted by molar-refractivity contribution is -0.137. The van der Waals surface area contributed by atoms with Gasteiger partial charge in [0.05, 0.1) is 5.57 Å². The molecule has 0 radical (unpaired) electrons. The standard InChI is InChI=1S/C27H38F3N5O/c1-18-6-11-22-23(18)24(33-17-32-22)34-13-15-35(16-14-34)25(36)21(5-4-12-26(2,3)31)19-7-9-20(10-8-19)27(28,29)30/h7,9-10,17-19,21H,4-6,8,11-16,31H2,1-3H3/t18-,19?,21-/m1/s1. The van der Waals surface area contributed by atoms with Crippen molar-refractivity contribution in [3.05, 3.63) is 41.4 Å². The Morgan fingerprint density at radius 1 is 1.19 bits per heavy atom. The van der Waals surface area contributed by atoms with E-state index in [4.69, 9.17) is 5.73 Å². The summed E-state index contributed by atoms with van der Waals surface area (Å²) in [6.45, 7) is 8.63. The average Bonchev–Trinajstić information content (AvgIpc) is 3.21. The second kappa shape index (κ2) is 10.5. The number of allylic oxidation sites excluding steroid dienone is 4. The van der Waals surface area contributed by atoms with Gasteiger partial charge in [-0.1, -0.05) is 31.6 Å². The summed E-state index contributed by atoms with van der Waals surface area (Å²) >= 11 is 0. The van der Waals surface area contributed by atoms with Gasteiger partial charge in [0.25, 0.3) is 0 Å². The fourth-order valence-corrected chi connectivity index (χ4v) is 5.69. The van der Waals surface area contributed by atoms with Crippen LogP contribution in [0.5, 0.6) is 0 Å². The van der Waals surface area contributed by atoms with Gasteiger partial charge < -0.3 is 15.5 Å². The lowest BCUT2D eigenvalue weighted by Crippen LogP contribution is -2.51. The molecule has 2 N–H and O–H groups in total. The molecule has 1 unspecified atom stereocenters. The Hall–Kier alpha value is -2.42. The highest BCUT2D eigenvalue weighted by atomic mass is 19.4. The summed E-state index contributed by atoms with van der Waals surface area (Å²) in [6.07, 6.45) is 5.62. The van der Waals surface area contributed by atoms with E-state index in [1.54, 1.807) is 12.4 Å². The summed E-state index contributed by atoms with van der Waals surface area (Å²) in [5.74, 6) is 0.848. The highest BCUT2D eigenvalue weighted by Gasteiger charge is 2.37. The molecule has 36 heavy (non-hydrogen) atoms. The largest absolute Gasteiger partial charge is 0.416 e. The number of fused-ring (bicyclic) bond motifs is 1. The Morgan fingerprint density at radius 3 is 2.53 bits per heavy atom. The first kappa shape index (κ1) is 26.6. The Balaban J connectivity index is 1.43. The van der Waals surface area contributed by atoms with Crippen LogP contribution < -0.4 is 10.6 Å². The summed E-state index contributed by atoms with van der Waals surface area (Å²) in [5, 5.41) is 0. The second-order valence-electron chi connectivity index (χ2n) is 11.2. The van der Waals surface area contributed by atoms with Gasteiger partial charge in [-0.05, 0) is 57.8 Å². The predicted octanol–water partition coefficient (Wildman–Crippen LogP) is 4.76. The summed E-state index contributed by atoms with van der Waals surface area (Å²) in [7, 11) is 0. The van der Waals surface area contributed by atoms with Crippen LogP contribution in [0.4, 0.5) is 19.0 Å². The van der Waals surface area contributed by atoms with Crippen molar-refractivity contribution in [3.8, 4) is 0 Å². The zero-order chi connectivity index (χ0) is 26.1. The van der Waals surface area contributed by atoms with E-state index in [1.807, 2.05) is 18.7 Å². The van der Waals surface area contributed by atoms with Crippen LogP contribution in [0, 0.1) is 11.8 Å². The van der Waals surface area contributed by atoms with E-state index in [-0.39, 0.29) is 29.7 Å². The van der Waals surface area contributed by atoms with E-state index in [9.17, 15) is 18.0 Å². The van der Waals surface area contributed by atoms with Crippen LogP contribution in [0.15, 0.2) is 30.1 Å². The monoisotopic (exact) mass is 505 g/mol. The van der Waals surface area contributed by atoms with Crippen LogP contribution >= 0.6 is 0 Å². The molecule has 4 rings (SSSR count).